The molecule has 0 unspecified atom stereocenters. The summed E-state index contributed by atoms with van der Waals surface area (Å²) in [6.45, 7) is 2.01. The molecule has 1 aromatic heterocycles. The van der Waals surface area contributed by atoms with E-state index in [0.29, 0.717) is 6.04 Å². The third-order valence-corrected chi connectivity index (χ3v) is 3.52. The van der Waals surface area contributed by atoms with Crippen LogP contribution in [0.4, 0.5) is 0 Å². The molecule has 1 N–H and O–H groups in total. The van der Waals surface area contributed by atoms with Crippen molar-refractivity contribution >= 4 is 29.2 Å². The molecule has 1 fully saturated rings. The molecule has 1 aliphatic rings. The van der Waals surface area contributed by atoms with Crippen molar-refractivity contribution in [1.82, 2.24) is 15.2 Å². The van der Waals surface area contributed by atoms with Gasteiger partial charge in [0.25, 0.3) is 0 Å². The summed E-state index contributed by atoms with van der Waals surface area (Å²) in [5.74, 6) is -0.298. The number of carbonyl (C=O) groups is 2. The molecule has 1 saturated carbocycles. The van der Waals surface area contributed by atoms with E-state index < -0.39 is 0 Å². The molecule has 0 aliphatic heterocycles. The Balaban J connectivity index is 1.80. The summed E-state index contributed by atoms with van der Waals surface area (Å²) < 4.78 is 0. The third kappa shape index (κ3) is 4.48. The van der Waals surface area contributed by atoms with Crippen LogP contribution in [0.2, 0.25) is 0 Å². The normalized spacial score (nSPS) is 14.6. The van der Waals surface area contributed by atoms with Crippen LogP contribution in [0, 0.1) is 6.92 Å². The first kappa shape index (κ1) is 13.7. The first-order chi connectivity index (χ1) is 9.04. The Hall–Kier alpha value is -1.69. The lowest BCUT2D eigenvalue weighted by Crippen LogP contribution is -2.38. The summed E-state index contributed by atoms with van der Waals surface area (Å²) in [4.78, 5) is 29.0. The molecule has 1 heterocycles. The molecule has 6 heteroatoms. The first-order valence-electron chi connectivity index (χ1n) is 6.19. The lowest BCUT2D eigenvalue weighted by Gasteiger charge is -2.14. The molecule has 0 atom stereocenters. The quantitative estimate of drug-likeness (QED) is 0.824. The Kier molecular flexibility index (Phi) is 4.31. The minimum atomic E-state index is -0.198. The van der Waals surface area contributed by atoms with Gasteiger partial charge in [-0.15, -0.1) is 11.3 Å². The molecule has 5 nitrogen and oxygen atoms in total. The molecule has 2 amide bonds. The van der Waals surface area contributed by atoms with E-state index in [0.717, 1.165) is 23.5 Å². The van der Waals surface area contributed by atoms with Crippen molar-refractivity contribution in [2.24, 2.45) is 0 Å². The van der Waals surface area contributed by atoms with Gasteiger partial charge in [0.2, 0.25) is 11.8 Å². The van der Waals surface area contributed by atoms with Gasteiger partial charge in [0.15, 0.2) is 0 Å². The maximum absolute atomic E-state index is 11.8. The maximum Gasteiger partial charge on any atom is 0.246 e. The molecule has 0 bridgehead atoms. The monoisotopic (exact) mass is 279 g/mol. The SMILES string of the molecule is Cc1nc(/C=C/C(=O)N(C)CC(=O)NC2CC2)cs1. The predicted molar refractivity (Wildman–Crippen MR) is 74.7 cm³/mol. The van der Waals surface area contributed by atoms with Crippen molar-refractivity contribution in [2.75, 3.05) is 13.6 Å². The molecule has 1 aliphatic carbocycles. The van der Waals surface area contributed by atoms with Crippen LogP contribution in [0.3, 0.4) is 0 Å². The number of nitrogens with zero attached hydrogens (tertiary/aromatic N) is 2. The molecule has 2 rings (SSSR count). The second kappa shape index (κ2) is 5.97. The predicted octanol–water partition coefficient (Wildman–Crippen LogP) is 1.20. The Bertz CT molecular complexity index is 506. The summed E-state index contributed by atoms with van der Waals surface area (Å²) in [5, 5.41) is 5.70. The molecule has 0 aromatic carbocycles. The third-order valence-electron chi connectivity index (χ3n) is 2.73. The fourth-order valence-corrected chi connectivity index (χ4v) is 2.12. The zero-order chi connectivity index (χ0) is 13.8. The largest absolute Gasteiger partial charge is 0.352 e. The number of hydrogen-bond acceptors (Lipinski definition) is 4. The van der Waals surface area contributed by atoms with Crippen LogP contribution in [0.5, 0.6) is 0 Å². The Morgan fingerprint density at radius 2 is 2.32 bits per heavy atom. The van der Waals surface area contributed by atoms with E-state index >= 15 is 0 Å². The number of thiazole rings is 1. The van der Waals surface area contributed by atoms with Gasteiger partial charge in [-0.1, -0.05) is 0 Å². The topological polar surface area (TPSA) is 62.3 Å². The van der Waals surface area contributed by atoms with Gasteiger partial charge >= 0.3 is 0 Å². The Morgan fingerprint density at radius 3 is 2.89 bits per heavy atom. The van der Waals surface area contributed by atoms with Crippen LogP contribution in [0.25, 0.3) is 6.08 Å². The van der Waals surface area contributed by atoms with Gasteiger partial charge in [0, 0.05) is 24.5 Å². The lowest BCUT2D eigenvalue weighted by molar-refractivity contribution is -0.131. The minimum Gasteiger partial charge on any atom is -0.352 e. The van der Waals surface area contributed by atoms with Gasteiger partial charge in [-0.05, 0) is 25.8 Å². The number of nitrogens with one attached hydrogen (secondary N) is 1. The van der Waals surface area contributed by atoms with E-state index in [2.05, 4.69) is 10.3 Å². The van der Waals surface area contributed by atoms with Crippen LogP contribution >= 0.6 is 11.3 Å². The molecule has 1 aromatic rings. The van der Waals surface area contributed by atoms with Gasteiger partial charge in [-0.3, -0.25) is 9.59 Å². The number of hydrogen-bond donors (Lipinski definition) is 1. The van der Waals surface area contributed by atoms with Gasteiger partial charge in [0.05, 0.1) is 17.2 Å². The van der Waals surface area contributed by atoms with E-state index in [1.807, 2.05) is 12.3 Å². The first-order valence-corrected chi connectivity index (χ1v) is 7.07. The molecule has 0 spiro atoms. The van der Waals surface area contributed by atoms with Gasteiger partial charge < -0.3 is 10.2 Å². The van der Waals surface area contributed by atoms with Crippen LogP contribution in [0.15, 0.2) is 11.5 Å². The van der Waals surface area contributed by atoms with E-state index in [9.17, 15) is 9.59 Å². The number of aromatic nitrogens is 1. The van der Waals surface area contributed by atoms with Crippen molar-refractivity contribution < 1.29 is 9.59 Å². The smallest absolute Gasteiger partial charge is 0.246 e. The standard InChI is InChI=1S/C13H17N3O2S/c1-9-14-11(8-19-9)5-6-13(18)16(2)7-12(17)15-10-3-4-10/h5-6,8,10H,3-4,7H2,1-2H3,(H,15,17)/b6-5+. The number of aryl methyl sites for hydroxylation is 1. The van der Waals surface area contributed by atoms with E-state index in [1.165, 1.54) is 22.3 Å². The number of carbonyl (C=O) groups excluding carboxylic acids is 2. The summed E-state index contributed by atoms with van der Waals surface area (Å²) in [5.41, 5.74) is 0.770. The number of amides is 2. The minimum absolute atomic E-state index is 0.0930. The van der Waals surface area contributed by atoms with Gasteiger partial charge in [0.1, 0.15) is 0 Å². The van der Waals surface area contributed by atoms with Crippen LogP contribution in [-0.4, -0.2) is 41.3 Å². The fourth-order valence-electron chi connectivity index (χ4n) is 1.53. The second-order valence-electron chi connectivity index (χ2n) is 4.66. The van der Waals surface area contributed by atoms with Crippen molar-refractivity contribution in [3.05, 3.63) is 22.2 Å². The zero-order valence-corrected chi connectivity index (χ0v) is 11.9. The van der Waals surface area contributed by atoms with Crippen molar-refractivity contribution in [3.8, 4) is 0 Å². The highest BCUT2D eigenvalue weighted by atomic mass is 32.1. The lowest BCUT2D eigenvalue weighted by atomic mass is 10.3. The highest BCUT2D eigenvalue weighted by Crippen LogP contribution is 2.18. The molecular weight excluding hydrogens is 262 g/mol. The molecule has 0 radical (unpaired) electrons. The highest BCUT2D eigenvalue weighted by Gasteiger charge is 2.23. The van der Waals surface area contributed by atoms with Crippen molar-refractivity contribution in [2.45, 2.75) is 25.8 Å². The van der Waals surface area contributed by atoms with Crippen molar-refractivity contribution in [3.63, 3.8) is 0 Å². The summed E-state index contributed by atoms with van der Waals surface area (Å²) >= 11 is 1.54. The number of likely N-dealkylation sites (N-methyl/N-ethyl adjacent to an activating group) is 1. The molecule has 102 valence electrons. The summed E-state index contributed by atoms with van der Waals surface area (Å²) in [6, 6.07) is 0.324. The van der Waals surface area contributed by atoms with Crippen LogP contribution in [-0.2, 0) is 9.59 Å². The average Bonchev–Trinajstić information content (AvgIpc) is 3.06. The molecule has 0 saturated heterocycles. The summed E-state index contributed by atoms with van der Waals surface area (Å²) in [6.07, 6.45) is 5.21. The Morgan fingerprint density at radius 1 is 1.58 bits per heavy atom. The van der Waals surface area contributed by atoms with Crippen LogP contribution in [0.1, 0.15) is 23.5 Å². The molecule has 19 heavy (non-hydrogen) atoms. The molecular formula is C13H17N3O2S. The van der Waals surface area contributed by atoms with Crippen molar-refractivity contribution in [1.29, 1.82) is 0 Å². The van der Waals surface area contributed by atoms with Gasteiger partial charge in [-0.2, -0.15) is 0 Å². The number of rotatable bonds is 5. The summed E-state index contributed by atoms with van der Waals surface area (Å²) in [7, 11) is 1.62. The second-order valence-corrected chi connectivity index (χ2v) is 5.72. The maximum atomic E-state index is 11.8. The fraction of sp³-hybridized carbons (Fsp3) is 0.462. The average molecular weight is 279 g/mol. The van der Waals surface area contributed by atoms with E-state index in [-0.39, 0.29) is 18.4 Å². The Labute approximate surface area is 116 Å². The van der Waals surface area contributed by atoms with Crippen LogP contribution < -0.4 is 5.32 Å². The van der Waals surface area contributed by atoms with E-state index in [4.69, 9.17) is 0 Å². The zero-order valence-electron chi connectivity index (χ0n) is 11.0. The van der Waals surface area contributed by atoms with E-state index in [1.54, 1.807) is 13.1 Å². The van der Waals surface area contributed by atoms with Gasteiger partial charge in [-0.25, -0.2) is 4.98 Å². The highest BCUT2D eigenvalue weighted by molar-refractivity contribution is 7.09.